The molecule has 0 unspecified atom stereocenters. The van der Waals surface area contributed by atoms with Crippen molar-refractivity contribution in [3.05, 3.63) is 52.9 Å². The summed E-state index contributed by atoms with van der Waals surface area (Å²) in [5.74, 6) is -0.242. The normalized spacial score (nSPS) is 18.9. The van der Waals surface area contributed by atoms with Crippen LogP contribution in [0.5, 0.6) is 0 Å². The quantitative estimate of drug-likeness (QED) is 0.855. The Morgan fingerprint density at radius 3 is 2.84 bits per heavy atom. The molecule has 0 spiro atoms. The number of aromatic nitrogens is 2. The number of piperidine rings is 1. The van der Waals surface area contributed by atoms with Crippen molar-refractivity contribution in [2.24, 2.45) is 0 Å². The molecule has 1 N–H and O–H groups in total. The van der Waals surface area contributed by atoms with Crippen LogP contribution in [0.3, 0.4) is 0 Å². The van der Waals surface area contributed by atoms with Gasteiger partial charge in [-0.3, -0.25) is 4.90 Å². The maximum Gasteiger partial charge on any atom is 0.432 e. The number of nitrogens with zero attached hydrogens (tertiary/aromatic N) is 3. The Balaban J connectivity index is 1.71. The van der Waals surface area contributed by atoms with Crippen molar-refractivity contribution in [2.45, 2.75) is 31.5 Å². The van der Waals surface area contributed by atoms with E-state index in [1.807, 2.05) is 11.0 Å². The first-order valence-corrected chi connectivity index (χ1v) is 7.90. The fourth-order valence-corrected chi connectivity index (χ4v) is 3.12. The molecular formula is C17H16F4N4. The van der Waals surface area contributed by atoms with Crippen LogP contribution in [0.2, 0.25) is 0 Å². The van der Waals surface area contributed by atoms with Gasteiger partial charge in [-0.25, -0.2) is 9.37 Å². The predicted octanol–water partition coefficient (Wildman–Crippen LogP) is 3.82. The van der Waals surface area contributed by atoms with Gasteiger partial charge in [0.1, 0.15) is 17.3 Å². The lowest BCUT2D eigenvalue weighted by Gasteiger charge is -2.32. The Hall–Kier alpha value is -2.40. The van der Waals surface area contributed by atoms with Crippen LogP contribution in [-0.2, 0) is 12.7 Å². The number of imidazole rings is 1. The van der Waals surface area contributed by atoms with E-state index in [4.69, 9.17) is 5.26 Å². The van der Waals surface area contributed by atoms with Crippen molar-refractivity contribution in [1.82, 2.24) is 14.9 Å². The third kappa shape index (κ3) is 3.99. The number of likely N-dealkylation sites (tertiary alicyclic amines) is 1. The molecule has 1 aromatic heterocycles. The summed E-state index contributed by atoms with van der Waals surface area (Å²) in [5.41, 5.74) is -0.0617. The first kappa shape index (κ1) is 17.4. The van der Waals surface area contributed by atoms with E-state index in [9.17, 15) is 17.6 Å². The largest absolute Gasteiger partial charge is 0.432 e. The third-order valence-electron chi connectivity index (χ3n) is 4.36. The molecule has 1 aliphatic heterocycles. The molecular weight excluding hydrogens is 336 g/mol. The lowest BCUT2D eigenvalue weighted by atomic mass is 9.96. The van der Waals surface area contributed by atoms with Crippen LogP contribution >= 0.6 is 0 Å². The Morgan fingerprint density at radius 2 is 2.16 bits per heavy atom. The summed E-state index contributed by atoms with van der Waals surface area (Å²) in [5, 5.41) is 8.93. The van der Waals surface area contributed by atoms with Crippen molar-refractivity contribution in [3.63, 3.8) is 0 Å². The van der Waals surface area contributed by atoms with Gasteiger partial charge in [0, 0.05) is 24.6 Å². The van der Waals surface area contributed by atoms with E-state index in [1.165, 1.54) is 18.2 Å². The number of H-pyrrole nitrogens is 1. The standard InChI is InChI=1S/C17H16F4N4/c18-14-4-3-11(7-22)6-13(14)10-25-5-1-2-12(9-25)16-23-8-15(24-16)17(19,20)21/h3-4,6,8,12H,1-2,5,9-10H2,(H,23,24)/t12-/m1/s1. The van der Waals surface area contributed by atoms with Crippen LogP contribution in [0.25, 0.3) is 0 Å². The number of halogens is 4. The molecule has 1 saturated heterocycles. The molecule has 0 saturated carbocycles. The fourth-order valence-electron chi connectivity index (χ4n) is 3.12. The molecule has 1 atom stereocenters. The second-order valence-corrected chi connectivity index (χ2v) is 6.17. The zero-order valence-electron chi connectivity index (χ0n) is 13.3. The molecule has 2 aromatic rings. The number of nitrogens with one attached hydrogen (secondary N) is 1. The summed E-state index contributed by atoms with van der Waals surface area (Å²) in [4.78, 5) is 8.21. The second kappa shape index (κ2) is 6.84. The van der Waals surface area contributed by atoms with Crippen molar-refractivity contribution in [2.75, 3.05) is 13.1 Å². The van der Waals surface area contributed by atoms with Crippen LogP contribution in [0, 0.1) is 17.1 Å². The molecule has 0 bridgehead atoms. The van der Waals surface area contributed by atoms with E-state index in [2.05, 4.69) is 9.97 Å². The summed E-state index contributed by atoms with van der Waals surface area (Å²) in [6.45, 7) is 1.52. The lowest BCUT2D eigenvalue weighted by Crippen LogP contribution is -2.34. The van der Waals surface area contributed by atoms with Crippen molar-refractivity contribution < 1.29 is 17.6 Å². The highest BCUT2D eigenvalue weighted by Gasteiger charge is 2.34. The van der Waals surface area contributed by atoms with Gasteiger partial charge in [-0.2, -0.15) is 18.4 Å². The molecule has 1 aliphatic rings. The molecule has 4 nitrogen and oxygen atoms in total. The van der Waals surface area contributed by atoms with Crippen LogP contribution in [0.4, 0.5) is 17.6 Å². The Bertz CT molecular complexity index is 791. The van der Waals surface area contributed by atoms with Gasteiger partial charge in [0.15, 0.2) is 0 Å². The van der Waals surface area contributed by atoms with Gasteiger partial charge in [-0.05, 0) is 37.6 Å². The maximum absolute atomic E-state index is 13.9. The molecule has 1 aromatic carbocycles. The highest BCUT2D eigenvalue weighted by Crippen LogP contribution is 2.31. The van der Waals surface area contributed by atoms with E-state index in [0.717, 1.165) is 25.6 Å². The number of alkyl halides is 3. The fraction of sp³-hybridized carbons (Fsp3) is 0.412. The van der Waals surface area contributed by atoms with Gasteiger partial charge >= 0.3 is 6.18 Å². The minimum Gasteiger partial charge on any atom is -0.338 e. The van der Waals surface area contributed by atoms with Gasteiger partial charge in [0.05, 0.1) is 17.8 Å². The number of hydrogen-bond donors (Lipinski definition) is 1. The summed E-state index contributed by atoms with van der Waals surface area (Å²) in [6.07, 6.45) is -2.13. The zero-order chi connectivity index (χ0) is 18.0. The van der Waals surface area contributed by atoms with Gasteiger partial charge in [-0.15, -0.1) is 0 Å². The minimum absolute atomic E-state index is 0.160. The topological polar surface area (TPSA) is 55.7 Å². The Labute approximate surface area is 142 Å². The first-order valence-electron chi connectivity index (χ1n) is 7.90. The zero-order valence-corrected chi connectivity index (χ0v) is 13.3. The summed E-state index contributed by atoms with van der Waals surface area (Å²) < 4.78 is 52.0. The van der Waals surface area contributed by atoms with E-state index in [1.54, 1.807) is 0 Å². The summed E-state index contributed by atoms with van der Waals surface area (Å²) in [7, 11) is 0. The Morgan fingerprint density at radius 1 is 1.36 bits per heavy atom. The molecule has 2 heterocycles. The highest BCUT2D eigenvalue weighted by atomic mass is 19.4. The highest BCUT2D eigenvalue weighted by molar-refractivity contribution is 5.33. The average Bonchev–Trinajstić information content (AvgIpc) is 3.07. The maximum atomic E-state index is 13.9. The van der Waals surface area contributed by atoms with E-state index < -0.39 is 17.7 Å². The molecule has 0 aliphatic carbocycles. The number of hydrogen-bond acceptors (Lipinski definition) is 3. The molecule has 0 radical (unpaired) electrons. The SMILES string of the molecule is N#Cc1ccc(F)c(CN2CCC[C@@H](c3ncc(C(F)(F)F)[nH]3)C2)c1. The molecule has 1 fully saturated rings. The predicted molar refractivity (Wildman–Crippen MR) is 82.0 cm³/mol. The smallest absolute Gasteiger partial charge is 0.338 e. The molecule has 0 amide bonds. The van der Waals surface area contributed by atoms with Crippen LogP contribution in [-0.4, -0.2) is 28.0 Å². The third-order valence-corrected chi connectivity index (χ3v) is 4.36. The number of aromatic amines is 1. The minimum atomic E-state index is -4.44. The molecule has 25 heavy (non-hydrogen) atoms. The van der Waals surface area contributed by atoms with E-state index >= 15 is 0 Å². The monoisotopic (exact) mass is 352 g/mol. The lowest BCUT2D eigenvalue weighted by molar-refractivity contribution is -0.141. The first-order chi connectivity index (χ1) is 11.9. The number of nitriles is 1. The van der Waals surface area contributed by atoms with Gasteiger partial charge in [0.2, 0.25) is 0 Å². The molecule has 3 rings (SSSR count). The average molecular weight is 352 g/mol. The van der Waals surface area contributed by atoms with Gasteiger partial charge < -0.3 is 4.98 Å². The number of rotatable bonds is 3. The summed E-state index contributed by atoms with van der Waals surface area (Å²) >= 11 is 0. The van der Waals surface area contributed by atoms with E-state index in [-0.39, 0.29) is 5.92 Å². The van der Waals surface area contributed by atoms with Crippen LogP contribution < -0.4 is 0 Å². The van der Waals surface area contributed by atoms with Crippen LogP contribution in [0.15, 0.2) is 24.4 Å². The second-order valence-electron chi connectivity index (χ2n) is 6.17. The van der Waals surface area contributed by atoms with Crippen molar-refractivity contribution >= 4 is 0 Å². The van der Waals surface area contributed by atoms with Gasteiger partial charge in [0.25, 0.3) is 0 Å². The van der Waals surface area contributed by atoms with Gasteiger partial charge in [-0.1, -0.05) is 0 Å². The molecule has 8 heteroatoms. The molecule has 132 valence electrons. The van der Waals surface area contributed by atoms with Crippen LogP contribution in [0.1, 0.15) is 41.4 Å². The van der Waals surface area contributed by atoms with E-state index in [0.29, 0.717) is 30.0 Å². The summed E-state index contributed by atoms with van der Waals surface area (Å²) in [6, 6.07) is 6.16. The van der Waals surface area contributed by atoms with Crippen molar-refractivity contribution in [1.29, 1.82) is 5.26 Å². The van der Waals surface area contributed by atoms with Crippen molar-refractivity contribution in [3.8, 4) is 6.07 Å². The number of benzene rings is 1. The Kier molecular flexibility index (Phi) is 4.77.